The van der Waals surface area contributed by atoms with E-state index < -0.39 is 24.0 Å². The molecule has 2 amide bonds. The predicted octanol–water partition coefficient (Wildman–Crippen LogP) is 4.44. The van der Waals surface area contributed by atoms with E-state index >= 15 is 0 Å². The van der Waals surface area contributed by atoms with E-state index in [1.54, 1.807) is 12.1 Å². The molecule has 2 aliphatic heterocycles. The first-order valence-electron chi connectivity index (χ1n) is 13.1. The lowest BCUT2D eigenvalue weighted by atomic mass is 10.2. The zero-order valence-corrected chi connectivity index (χ0v) is 22.3. The van der Waals surface area contributed by atoms with Crippen molar-refractivity contribution in [1.29, 1.82) is 0 Å². The number of rotatable bonds is 8. The first kappa shape index (κ1) is 26.6. The molecular weight excluding hydrogens is 516 g/mol. The second-order valence-electron chi connectivity index (χ2n) is 9.66. The van der Waals surface area contributed by atoms with Crippen molar-refractivity contribution in [2.75, 3.05) is 13.1 Å². The molecule has 9 heteroatoms. The van der Waals surface area contributed by atoms with Crippen molar-refractivity contribution in [2.45, 2.75) is 51.0 Å². The fourth-order valence-corrected chi connectivity index (χ4v) is 5.93. The lowest BCUT2D eigenvalue weighted by Gasteiger charge is -2.23. The Bertz CT molecular complexity index is 1230. The molecule has 0 radical (unpaired) electrons. The van der Waals surface area contributed by atoms with Gasteiger partial charge in [-0.3, -0.25) is 9.59 Å². The molecule has 1 aromatic heterocycles. The number of carbonyl (C=O) groups excluding carboxylic acids is 4. The van der Waals surface area contributed by atoms with Crippen LogP contribution in [0.15, 0.2) is 72.8 Å². The number of ether oxygens (including phenoxy) is 2. The van der Waals surface area contributed by atoms with Crippen molar-refractivity contribution in [3.8, 4) is 0 Å². The molecule has 2 fully saturated rings. The third kappa shape index (κ3) is 6.20. The van der Waals surface area contributed by atoms with Crippen LogP contribution in [0.4, 0.5) is 0 Å². The number of hydrogen-bond donors (Lipinski definition) is 0. The van der Waals surface area contributed by atoms with Crippen molar-refractivity contribution in [1.82, 2.24) is 9.80 Å². The molecule has 0 spiro atoms. The van der Waals surface area contributed by atoms with Crippen LogP contribution in [0.3, 0.4) is 0 Å². The topological polar surface area (TPSA) is 93.2 Å². The van der Waals surface area contributed by atoms with Gasteiger partial charge in [-0.1, -0.05) is 60.7 Å². The summed E-state index contributed by atoms with van der Waals surface area (Å²) in [4.78, 5) is 56.0. The Labute approximate surface area is 231 Å². The number of carbonyl (C=O) groups is 4. The van der Waals surface area contributed by atoms with Gasteiger partial charge in [-0.2, -0.15) is 0 Å². The first-order valence-corrected chi connectivity index (χ1v) is 14.0. The first-order chi connectivity index (χ1) is 19.0. The maximum atomic E-state index is 13.3. The highest BCUT2D eigenvalue weighted by Gasteiger charge is 2.38. The van der Waals surface area contributed by atoms with Gasteiger partial charge in [-0.25, -0.2) is 9.59 Å². The Morgan fingerprint density at radius 3 is 1.46 bits per heavy atom. The summed E-state index contributed by atoms with van der Waals surface area (Å²) in [6, 6.07) is 20.7. The molecule has 2 aliphatic rings. The summed E-state index contributed by atoms with van der Waals surface area (Å²) in [5, 5.41) is 0. The number of thiophene rings is 1. The summed E-state index contributed by atoms with van der Waals surface area (Å²) < 4.78 is 11.0. The number of nitrogens with zero attached hydrogens (tertiary/aromatic N) is 2. The SMILES string of the molecule is O=C(OCc1ccccc1)[C@H]1CCCN1C(=O)c1ccc(C(=O)N2CCC[C@@H]2C(=O)OCc2ccccc2)s1. The highest BCUT2D eigenvalue weighted by atomic mass is 32.1. The van der Waals surface area contributed by atoms with E-state index in [4.69, 9.17) is 9.47 Å². The van der Waals surface area contributed by atoms with Gasteiger partial charge in [0.2, 0.25) is 0 Å². The van der Waals surface area contributed by atoms with Gasteiger partial charge >= 0.3 is 11.9 Å². The lowest BCUT2D eigenvalue weighted by molar-refractivity contribution is -0.150. The molecule has 3 heterocycles. The second-order valence-corrected chi connectivity index (χ2v) is 10.7. The van der Waals surface area contributed by atoms with E-state index in [-0.39, 0.29) is 25.0 Å². The number of likely N-dealkylation sites (tertiary alicyclic amines) is 2. The zero-order valence-electron chi connectivity index (χ0n) is 21.5. The Kier molecular flexibility index (Phi) is 8.36. The second kappa shape index (κ2) is 12.3. The molecule has 5 rings (SSSR count). The van der Waals surface area contributed by atoms with Crippen molar-refractivity contribution in [2.24, 2.45) is 0 Å². The third-order valence-electron chi connectivity index (χ3n) is 7.05. The Morgan fingerprint density at radius 1 is 0.641 bits per heavy atom. The lowest BCUT2D eigenvalue weighted by Crippen LogP contribution is -2.41. The molecule has 0 bridgehead atoms. The van der Waals surface area contributed by atoms with Crippen LogP contribution in [0.5, 0.6) is 0 Å². The normalized spacial score (nSPS) is 18.7. The van der Waals surface area contributed by atoms with Gasteiger partial charge < -0.3 is 19.3 Å². The molecule has 0 unspecified atom stereocenters. The minimum absolute atomic E-state index is 0.153. The molecular formula is C30H30N2O6S. The minimum Gasteiger partial charge on any atom is -0.459 e. The monoisotopic (exact) mass is 546 g/mol. The smallest absolute Gasteiger partial charge is 0.329 e. The maximum absolute atomic E-state index is 13.3. The third-order valence-corrected chi connectivity index (χ3v) is 8.11. The molecule has 8 nitrogen and oxygen atoms in total. The van der Waals surface area contributed by atoms with Gasteiger partial charge in [0.05, 0.1) is 9.75 Å². The van der Waals surface area contributed by atoms with E-state index in [2.05, 4.69) is 0 Å². The summed E-state index contributed by atoms with van der Waals surface area (Å²) in [7, 11) is 0. The minimum atomic E-state index is -0.648. The largest absolute Gasteiger partial charge is 0.459 e. The Balaban J connectivity index is 1.19. The van der Waals surface area contributed by atoms with Gasteiger partial charge in [-0.05, 0) is 48.9 Å². The van der Waals surface area contributed by atoms with Crippen LogP contribution >= 0.6 is 11.3 Å². The van der Waals surface area contributed by atoms with Gasteiger partial charge in [0.15, 0.2) is 0 Å². The van der Waals surface area contributed by atoms with Crippen molar-refractivity contribution in [3.63, 3.8) is 0 Å². The molecule has 2 atom stereocenters. The average molecular weight is 547 g/mol. The van der Waals surface area contributed by atoms with E-state index in [0.717, 1.165) is 22.5 Å². The van der Waals surface area contributed by atoms with Crippen LogP contribution in [0, 0.1) is 0 Å². The van der Waals surface area contributed by atoms with E-state index in [1.165, 1.54) is 9.80 Å². The average Bonchev–Trinajstić information content (AvgIpc) is 3.76. The van der Waals surface area contributed by atoms with E-state index in [9.17, 15) is 19.2 Å². The van der Waals surface area contributed by atoms with Crippen LogP contribution in [-0.2, 0) is 32.3 Å². The molecule has 0 aliphatic carbocycles. The van der Waals surface area contributed by atoms with Crippen LogP contribution in [0.2, 0.25) is 0 Å². The molecule has 2 saturated heterocycles. The summed E-state index contributed by atoms with van der Waals surface area (Å²) in [6.45, 7) is 1.21. The number of esters is 2. The molecule has 2 aromatic carbocycles. The van der Waals surface area contributed by atoms with Gasteiger partial charge in [0, 0.05) is 13.1 Å². The highest BCUT2D eigenvalue weighted by Crippen LogP contribution is 2.28. The van der Waals surface area contributed by atoms with Gasteiger partial charge in [0.25, 0.3) is 11.8 Å². The van der Waals surface area contributed by atoms with E-state index in [0.29, 0.717) is 48.5 Å². The quantitative estimate of drug-likeness (QED) is 0.388. The van der Waals surface area contributed by atoms with Crippen LogP contribution < -0.4 is 0 Å². The van der Waals surface area contributed by atoms with Crippen LogP contribution in [-0.4, -0.2) is 58.7 Å². The molecule has 0 saturated carbocycles. The summed E-state index contributed by atoms with van der Waals surface area (Å²) >= 11 is 1.08. The summed E-state index contributed by atoms with van der Waals surface area (Å²) in [6.07, 6.45) is 2.48. The number of benzene rings is 2. The molecule has 0 N–H and O–H groups in total. The summed E-state index contributed by atoms with van der Waals surface area (Å²) in [5.74, 6) is -1.44. The van der Waals surface area contributed by atoms with Gasteiger partial charge in [-0.15, -0.1) is 11.3 Å². The standard InChI is InChI=1S/C30H30N2O6S/c33-27(31-17-7-13-23(31)29(35)37-19-21-9-3-1-4-10-21)25-15-16-26(39-25)28(34)32-18-8-14-24(32)30(36)38-20-22-11-5-2-6-12-22/h1-6,9-12,15-16,23-24H,7-8,13-14,17-20H2/t23-,24-/m1/s1. The number of amides is 2. The van der Waals surface area contributed by atoms with Crippen molar-refractivity contribution < 1.29 is 28.7 Å². The van der Waals surface area contributed by atoms with Crippen molar-refractivity contribution in [3.05, 3.63) is 93.7 Å². The van der Waals surface area contributed by atoms with Crippen LogP contribution in [0.1, 0.15) is 56.2 Å². The van der Waals surface area contributed by atoms with Crippen LogP contribution in [0.25, 0.3) is 0 Å². The molecule has 202 valence electrons. The highest BCUT2D eigenvalue weighted by molar-refractivity contribution is 7.15. The maximum Gasteiger partial charge on any atom is 0.329 e. The van der Waals surface area contributed by atoms with E-state index in [1.807, 2.05) is 60.7 Å². The van der Waals surface area contributed by atoms with Gasteiger partial charge in [0.1, 0.15) is 25.3 Å². The number of hydrogen-bond acceptors (Lipinski definition) is 7. The summed E-state index contributed by atoms with van der Waals surface area (Å²) in [5.41, 5.74) is 1.76. The van der Waals surface area contributed by atoms with Crippen molar-refractivity contribution >= 4 is 35.1 Å². The molecule has 3 aromatic rings. The predicted molar refractivity (Wildman–Crippen MR) is 145 cm³/mol. The Hall–Kier alpha value is -3.98. The fraction of sp³-hybridized carbons (Fsp3) is 0.333. The Morgan fingerprint density at radius 2 is 1.05 bits per heavy atom. The fourth-order valence-electron chi connectivity index (χ4n) is 5.01. The zero-order chi connectivity index (χ0) is 27.2. The molecule has 39 heavy (non-hydrogen) atoms.